The second kappa shape index (κ2) is 11.8. The van der Waals surface area contributed by atoms with Crippen LogP contribution in [-0.4, -0.2) is 59.8 Å². The molecule has 2 rings (SSSR count). The van der Waals surface area contributed by atoms with Crippen molar-refractivity contribution in [3.8, 4) is 0 Å². The van der Waals surface area contributed by atoms with Crippen LogP contribution in [0.4, 0.5) is 0 Å². The molecule has 166 valence electrons. The van der Waals surface area contributed by atoms with Gasteiger partial charge in [-0.3, -0.25) is 4.99 Å². The third-order valence-electron chi connectivity index (χ3n) is 5.49. The highest BCUT2D eigenvalue weighted by atomic mass is 32.2. The van der Waals surface area contributed by atoms with Crippen molar-refractivity contribution in [2.75, 3.05) is 33.0 Å². The molecule has 7 nitrogen and oxygen atoms in total. The van der Waals surface area contributed by atoms with Gasteiger partial charge >= 0.3 is 0 Å². The number of guanidine groups is 1. The summed E-state index contributed by atoms with van der Waals surface area (Å²) in [5.41, 5.74) is 0.0644. The molecule has 8 heteroatoms. The lowest BCUT2D eigenvalue weighted by Gasteiger charge is -2.28. The van der Waals surface area contributed by atoms with Crippen LogP contribution in [0, 0.1) is 5.41 Å². The van der Waals surface area contributed by atoms with Gasteiger partial charge in [0.25, 0.3) is 0 Å². The number of rotatable bonds is 10. The van der Waals surface area contributed by atoms with E-state index < -0.39 is 0 Å². The quantitative estimate of drug-likeness (QED) is 0.258. The Kier molecular flexibility index (Phi) is 9.75. The normalized spacial score (nSPS) is 17.0. The third kappa shape index (κ3) is 7.17. The molecule has 0 saturated heterocycles. The smallest absolute Gasteiger partial charge is 0.191 e. The number of nitrogens with zero attached hydrogens (tertiary/aromatic N) is 4. The van der Waals surface area contributed by atoms with E-state index in [-0.39, 0.29) is 11.5 Å². The van der Waals surface area contributed by atoms with Crippen molar-refractivity contribution in [1.29, 1.82) is 0 Å². The van der Waals surface area contributed by atoms with Gasteiger partial charge in [-0.2, -0.15) is 0 Å². The summed E-state index contributed by atoms with van der Waals surface area (Å²) in [6, 6.07) is 0.581. The molecule has 1 heterocycles. The van der Waals surface area contributed by atoms with Crippen LogP contribution in [0.2, 0.25) is 0 Å². The summed E-state index contributed by atoms with van der Waals surface area (Å²) >= 11 is 1.70. The maximum Gasteiger partial charge on any atom is 0.191 e. The summed E-state index contributed by atoms with van der Waals surface area (Å²) in [5.74, 6) is 1.97. The van der Waals surface area contributed by atoms with Crippen molar-refractivity contribution in [2.45, 2.75) is 83.5 Å². The first-order valence-electron chi connectivity index (χ1n) is 10.9. The molecule has 0 amide bonds. The molecule has 0 aromatic carbocycles. The van der Waals surface area contributed by atoms with E-state index in [0.717, 1.165) is 42.9 Å². The van der Waals surface area contributed by atoms with Gasteiger partial charge in [-0.15, -0.1) is 10.2 Å². The van der Waals surface area contributed by atoms with Gasteiger partial charge in [0.05, 0.1) is 12.6 Å². The summed E-state index contributed by atoms with van der Waals surface area (Å²) in [6.45, 7) is 11.0. The monoisotopic (exact) mass is 424 g/mol. The molecule has 29 heavy (non-hydrogen) atoms. The molecule has 1 aromatic rings. The van der Waals surface area contributed by atoms with E-state index in [0.29, 0.717) is 12.6 Å². The lowest BCUT2D eigenvalue weighted by Crippen LogP contribution is -2.39. The zero-order valence-electron chi connectivity index (χ0n) is 19.1. The molecule has 0 spiro atoms. The topological polar surface area (TPSA) is 76.4 Å². The number of aryl methyl sites for hydroxylation is 1. The second-order valence-corrected chi connectivity index (χ2v) is 9.52. The first kappa shape index (κ1) is 24.0. The number of hydrogen-bond acceptors (Lipinski definition) is 5. The Balaban J connectivity index is 1.89. The zero-order valence-corrected chi connectivity index (χ0v) is 19.9. The Labute approximate surface area is 180 Å². The van der Waals surface area contributed by atoms with E-state index in [4.69, 9.17) is 9.73 Å². The summed E-state index contributed by atoms with van der Waals surface area (Å²) in [7, 11) is 1.76. The minimum absolute atomic E-state index is 0.0644. The van der Waals surface area contributed by atoms with Crippen molar-refractivity contribution in [2.24, 2.45) is 10.4 Å². The van der Waals surface area contributed by atoms with Crippen molar-refractivity contribution in [3.63, 3.8) is 0 Å². The SMILES string of the molecule is CCNC(=NCC(OC)C(C)(C)C)NCCCc1nnc(SC)n1C1CCCC1. The van der Waals surface area contributed by atoms with E-state index in [1.807, 2.05) is 0 Å². The molecule has 0 radical (unpaired) electrons. The summed E-state index contributed by atoms with van der Waals surface area (Å²) in [5, 5.41) is 16.7. The fourth-order valence-electron chi connectivity index (χ4n) is 3.82. The molecule has 2 N–H and O–H groups in total. The molecule has 1 atom stereocenters. The molecule has 1 aromatic heterocycles. The predicted octanol–water partition coefficient (Wildman–Crippen LogP) is 3.66. The Morgan fingerprint density at radius 2 is 2.00 bits per heavy atom. The lowest BCUT2D eigenvalue weighted by molar-refractivity contribution is 0.0241. The number of thioether (sulfide) groups is 1. The predicted molar refractivity (Wildman–Crippen MR) is 122 cm³/mol. The molecular formula is C21H40N6OS. The third-order valence-corrected chi connectivity index (χ3v) is 6.13. The summed E-state index contributed by atoms with van der Waals surface area (Å²) in [6.07, 6.45) is 9.24. The Morgan fingerprint density at radius 3 is 2.59 bits per heavy atom. The van der Waals surface area contributed by atoms with Crippen molar-refractivity contribution in [3.05, 3.63) is 5.82 Å². The van der Waals surface area contributed by atoms with Gasteiger partial charge in [-0.25, -0.2) is 0 Å². The second-order valence-electron chi connectivity index (χ2n) is 8.75. The maximum atomic E-state index is 5.62. The van der Waals surface area contributed by atoms with E-state index in [1.54, 1.807) is 18.9 Å². The number of nitrogens with one attached hydrogen (secondary N) is 2. The van der Waals surface area contributed by atoms with Crippen LogP contribution in [0.3, 0.4) is 0 Å². The number of aliphatic imine (C=N–C) groups is 1. The Hall–Kier alpha value is -1.28. The lowest BCUT2D eigenvalue weighted by atomic mass is 9.89. The molecule has 1 saturated carbocycles. The number of aromatic nitrogens is 3. The van der Waals surface area contributed by atoms with E-state index >= 15 is 0 Å². The van der Waals surface area contributed by atoms with Crippen LogP contribution in [0.25, 0.3) is 0 Å². The first-order chi connectivity index (χ1) is 13.9. The van der Waals surface area contributed by atoms with Crippen LogP contribution in [0.1, 0.15) is 71.7 Å². The van der Waals surface area contributed by atoms with Crippen LogP contribution in [0.5, 0.6) is 0 Å². The van der Waals surface area contributed by atoms with Gasteiger partial charge in [-0.05, 0) is 37.9 Å². The standard InChI is InChI=1S/C21H40N6OS/c1-7-22-19(24-15-17(28-5)21(2,3)4)23-14-10-13-18-25-26-20(29-6)27(18)16-11-8-9-12-16/h16-17H,7-15H2,1-6H3,(H2,22,23,24). The average molecular weight is 425 g/mol. The minimum atomic E-state index is 0.0644. The number of ether oxygens (including phenoxy) is 1. The van der Waals surface area contributed by atoms with Gasteiger partial charge in [-0.1, -0.05) is 45.4 Å². The van der Waals surface area contributed by atoms with Gasteiger partial charge < -0.3 is 19.9 Å². The summed E-state index contributed by atoms with van der Waals surface area (Å²) in [4.78, 5) is 4.73. The highest BCUT2D eigenvalue weighted by molar-refractivity contribution is 7.98. The fraction of sp³-hybridized carbons (Fsp3) is 0.857. The Bertz CT molecular complexity index is 634. The van der Waals surface area contributed by atoms with E-state index in [2.05, 4.69) is 59.3 Å². The summed E-state index contributed by atoms with van der Waals surface area (Å²) < 4.78 is 8.01. The highest BCUT2D eigenvalue weighted by Gasteiger charge is 2.24. The average Bonchev–Trinajstić information content (AvgIpc) is 3.33. The van der Waals surface area contributed by atoms with Crippen LogP contribution in [0.15, 0.2) is 10.1 Å². The van der Waals surface area contributed by atoms with Crippen molar-refractivity contribution in [1.82, 2.24) is 25.4 Å². The van der Waals surface area contributed by atoms with Crippen molar-refractivity contribution < 1.29 is 4.74 Å². The van der Waals surface area contributed by atoms with Crippen LogP contribution in [-0.2, 0) is 11.2 Å². The van der Waals surface area contributed by atoms with Crippen LogP contribution < -0.4 is 10.6 Å². The molecule has 1 aliphatic carbocycles. The van der Waals surface area contributed by atoms with Crippen molar-refractivity contribution >= 4 is 17.7 Å². The van der Waals surface area contributed by atoms with Gasteiger partial charge in [0.15, 0.2) is 11.1 Å². The number of hydrogen-bond donors (Lipinski definition) is 2. The van der Waals surface area contributed by atoms with E-state index in [9.17, 15) is 0 Å². The van der Waals surface area contributed by atoms with Gasteiger partial charge in [0.2, 0.25) is 0 Å². The largest absolute Gasteiger partial charge is 0.379 e. The fourth-order valence-corrected chi connectivity index (χ4v) is 4.39. The highest BCUT2D eigenvalue weighted by Crippen LogP contribution is 2.33. The first-order valence-corrected chi connectivity index (χ1v) is 12.2. The van der Waals surface area contributed by atoms with Crippen LogP contribution >= 0.6 is 11.8 Å². The van der Waals surface area contributed by atoms with Gasteiger partial charge in [0, 0.05) is 32.7 Å². The maximum absolute atomic E-state index is 5.62. The molecule has 1 fully saturated rings. The molecular weight excluding hydrogens is 384 g/mol. The molecule has 0 aliphatic heterocycles. The number of methoxy groups -OCH3 is 1. The molecule has 1 unspecified atom stereocenters. The zero-order chi connectivity index (χ0) is 21.3. The Morgan fingerprint density at radius 1 is 1.28 bits per heavy atom. The molecule has 0 bridgehead atoms. The molecule has 1 aliphatic rings. The van der Waals surface area contributed by atoms with E-state index in [1.165, 1.54) is 25.7 Å². The minimum Gasteiger partial charge on any atom is -0.379 e. The van der Waals surface area contributed by atoms with Gasteiger partial charge in [0.1, 0.15) is 5.82 Å².